The van der Waals surface area contributed by atoms with Gasteiger partial charge < -0.3 is 20.7 Å². The molecule has 0 bridgehead atoms. The fraction of sp³-hybridized carbons (Fsp3) is 0.692. The molecule has 1 aromatic rings. The van der Waals surface area contributed by atoms with Crippen LogP contribution in [0.4, 0.5) is 0 Å². The quantitative estimate of drug-likeness (QED) is 0.719. The number of carbonyl (C=O) groups is 1. The van der Waals surface area contributed by atoms with Crippen LogP contribution in [0.5, 0.6) is 0 Å². The fourth-order valence-electron chi connectivity index (χ4n) is 1.78. The zero-order valence-corrected chi connectivity index (χ0v) is 11.8. The van der Waals surface area contributed by atoms with E-state index in [2.05, 4.69) is 19.0 Å². The van der Waals surface area contributed by atoms with Crippen molar-refractivity contribution in [2.24, 2.45) is 17.4 Å². The van der Waals surface area contributed by atoms with Gasteiger partial charge in [0.05, 0.1) is 12.6 Å². The highest BCUT2D eigenvalue weighted by Crippen LogP contribution is 2.19. The maximum atomic E-state index is 11.4. The van der Waals surface area contributed by atoms with Crippen molar-refractivity contribution < 1.29 is 14.1 Å². The number of hydrogen-bond acceptors (Lipinski definition) is 6. The minimum atomic E-state index is -0.734. The highest BCUT2D eigenvalue weighted by molar-refractivity contribution is 5.75. The number of nitrogens with two attached hydrogens (primary N) is 2. The Morgan fingerprint density at radius 3 is 2.74 bits per heavy atom. The molecule has 1 aromatic heterocycles. The van der Waals surface area contributed by atoms with Crippen LogP contribution < -0.4 is 11.5 Å². The van der Waals surface area contributed by atoms with Gasteiger partial charge in [-0.1, -0.05) is 19.0 Å². The van der Waals surface area contributed by atoms with Crippen molar-refractivity contribution in [3.63, 3.8) is 0 Å². The monoisotopic (exact) mass is 269 g/mol. The molecule has 0 amide bonds. The van der Waals surface area contributed by atoms with E-state index in [0.717, 1.165) is 6.42 Å². The minimum absolute atomic E-state index is 0.156. The first-order valence-corrected chi connectivity index (χ1v) is 6.57. The second kappa shape index (κ2) is 7.25. The van der Waals surface area contributed by atoms with Crippen LogP contribution in [0.2, 0.25) is 0 Å². The first-order chi connectivity index (χ1) is 8.93. The van der Waals surface area contributed by atoms with E-state index < -0.39 is 12.0 Å². The summed E-state index contributed by atoms with van der Waals surface area (Å²) in [6.07, 6.45) is 1.09. The van der Waals surface area contributed by atoms with E-state index >= 15 is 0 Å². The largest absolute Gasteiger partial charge is 0.465 e. The van der Waals surface area contributed by atoms with Gasteiger partial charge in [0.15, 0.2) is 0 Å². The number of carbonyl (C=O) groups excluding carboxylic acids is 1. The normalized spacial score (nSPS) is 14.4. The third-order valence-electron chi connectivity index (χ3n) is 2.69. The molecule has 0 saturated heterocycles. The summed E-state index contributed by atoms with van der Waals surface area (Å²) < 4.78 is 9.98. The van der Waals surface area contributed by atoms with Gasteiger partial charge in [-0.2, -0.15) is 0 Å². The molecule has 0 aliphatic rings. The Morgan fingerprint density at radius 1 is 1.47 bits per heavy atom. The van der Waals surface area contributed by atoms with Gasteiger partial charge in [0.1, 0.15) is 17.5 Å². The molecule has 0 aliphatic carbocycles. The van der Waals surface area contributed by atoms with Gasteiger partial charge in [0.25, 0.3) is 0 Å². The van der Waals surface area contributed by atoms with Crippen molar-refractivity contribution in [2.75, 3.05) is 6.61 Å². The molecule has 108 valence electrons. The third kappa shape index (κ3) is 5.00. The number of hydrogen-bond donors (Lipinski definition) is 2. The summed E-state index contributed by atoms with van der Waals surface area (Å²) in [4.78, 5) is 11.4. The van der Waals surface area contributed by atoms with Gasteiger partial charge in [-0.05, 0) is 19.3 Å². The Balaban J connectivity index is 2.57. The standard InChI is InChI=1S/C13H23N3O3/c1-4-18-13(17)11(15)6-9-7-12(16-19-9)10(14)5-8(2)3/h7-8,10-11H,4-6,14-15H2,1-3H3. The lowest BCUT2D eigenvalue weighted by Crippen LogP contribution is -2.34. The van der Waals surface area contributed by atoms with E-state index in [-0.39, 0.29) is 12.5 Å². The maximum Gasteiger partial charge on any atom is 0.323 e. The van der Waals surface area contributed by atoms with E-state index in [1.807, 2.05) is 0 Å². The molecule has 0 aromatic carbocycles. The summed E-state index contributed by atoms with van der Waals surface area (Å²) in [7, 11) is 0. The second-order valence-corrected chi connectivity index (χ2v) is 5.02. The lowest BCUT2D eigenvalue weighted by molar-refractivity contribution is -0.144. The van der Waals surface area contributed by atoms with Crippen LogP contribution >= 0.6 is 0 Å². The predicted molar refractivity (Wildman–Crippen MR) is 71.2 cm³/mol. The number of ether oxygens (including phenoxy) is 1. The molecule has 6 heteroatoms. The lowest BCUT2D eigenvalue weighted by atomic mass is 10.0. The van der Waals surface area contributed by atoms with Crippen LogP contribution in [0.15, 0.2) is 10.6 Å². The minimum Gasteiger partial charge on any atom is -0.465 e. The molecule has 2 unspecified atom stereocenters. The molecule has 6 nitrogen and oxygen atoms in total. The average molecular weight is 269 g/mol. The number of nitrogens with zero attached hydrogens (tertiary/aromatic N) is 1. The molecular weight excluding hydrogens is 246 g/mol. The highest BCUT2D eigenvalue weighted by atomic mass is 16.5. The molecule has 0 saturated carbocycles. The molecule has 0 spiro atoms. The molecular formula is C13H23N3O3. The molecule has 0 aliphatic heterocycles. The summed E-state index contributed by atoms with van der Waals surface area (Å²) in [6.45, 7) is 6.24. The molecule has 1 heterocycles. The third-order valence-corrected chi connectivity index (χ3v) is 2.69. The van der Waals surface area contributed by atoms with E-state index in [1.165, 1.54) is 0 Å². The summed E-state index contributed by atoms with van der Waals surface area (Å²) in [5, 5.41) is 3.92. The first-order valence-electron chi connectivity index (χ1n) is 6.57. The van der Waals surface area contributed by atoms with Gasteiger partial charge in [0.2, 0.25) is 0 Å². The molecule has 19 heavy (non-hydrogen) atoms. The fourth-order valence-corrected chi connectivity index (χ4v) is 1.78. The summed E-state index contributed by atoms with van der Waals surface area (Å²) in [5.74, 6) is 0.596. The Labute approximate surface area is 113 Å². The topological polar surface area (TPSA) is 104 Å². The molecule has 0 radical (unpaired) electrons. The summed E-state index contributed by atoms with van der Waals surface area (Å²) in [6, 6.07) is 0.866. The van der Waals surface area contributed by atoms with Gasteiger partial charge >= 0.3 is 5.97 Å². The van der Waals surface area contributed by atoms with Crippen LogP contribution in [0.1, 0.15) is 44.7 Å². The average Bonchev–Trinajstić information content (AvgIpc) is 2.77. The van der Waals surface area contributed by atoms with Crippen molar-refractivity contribution in [3.05, 3.63) is 17.5 Å². The lowest BCUT2D eigenvalue weighted by Gasteiger charge is -2.10. The number of esters is 1. The van der Waals surface area contributed by atoms with Crippen LogP contribution in [0.3, 0.4) is 0 Å². The molecule has 0 fully saturated rings. The number of aromatic nitrogens is 1. The van der Waals surface area contributed by atoms with Gasteiger partial charge in [-0.15, -0.1) is 0 Å². The zero-order valence-electron chi connectivity index (χ0n) is 11.8. The van der Waals surface area contributed by atoms with Crippen molar-refractivity contribution in [1.29, 1.82) is 0 Å². The zero-order chi connectivity index (χ0) is 14.4. The van der Waals surface area contributed by atoms with Crippen molar-refractivity contribution in [1.82, 2.24) is 5.16 Å². The molecule has 2 atom stereocenters. The molecule has 4 N–H and O–H groups in total. The predicted octanol–water partition coefficient (Wildman–Crippen LogP) is 1.15. The Kier molecular flexibility index (Phi) is 5.98. The Morgan fingerprint density at radius 2 is 2.16 bits per heavy atom. The van der Waals surface area contributed by atoms with Gasteiger partial charge in [0, 0.05) is 12.5 Å². The van der Waals surface area contributed by atoms with Crippen molar-refractivity contribution >= 4 is 5.97 Å². The summed E-state index contributed by atoms with van der Waals surface area (Å²) in [5.41, 5.74) is 12.4. The van der Waals surface area contributed by atoms with E-state index in [1.54, 1.807) is 13.0 Å². The Hall–Kier alpha value is -1.40. The van der Waals surface area contributed by atoms with Crippen LogP contribution in [0.25, 0.3) is 0 Å². The SMILES string of the molecule is CCOC(=O)C(N)Cc1cc(C(N)CC(C)C)no1. The van der Waals surface area contributed by atoms with Gasteiger partial charge in [-0.3, -0.25) is 4.79 Å². The van der Waals surface area contributed by atoms with Gasteiger partial charge in [-0.25, -0.2) is 0 Å². The maximum absolute atomic E-state index is 11.4. The van der Waals surface area contributed by atoms with Crippen LogP contribution in [-0.2, 0) is 16.0 Å². The Bertz CT molecular complexity index is 404. The van der Waals surface area contributed by atoms with Crippen molar-refractivity contribution in [2.45, 2.75) is 45.7 Å². The smallest absolute Gasteiger partial charge is 0.323 e. The summed E-state index contributed by atoms with van der Waals surface area (Å²) >= 11 is 0. The van der Waals surface area contributed by atoms with E-state index in [0.29, 0.717) is 24.0 Å². The molecule has 1 rings (SSSR count). The van der Waals surface area contributed by atoms with Crippen LogP contribution in [0, 0.1) is 5.92 Å². The highest BCUT2D eigenvalue weighted by Gasteiger charge is 2.19. The van der Waals surface area contributed by atoms with Crippen molar-refractivity contribution in [3.8, 4) is 0 Å². The van der Waals surface area contributed by atoms with E-state index in [4.69, 9.17) is 20.7 Å². The second-order valence-electron chi connectivity index (χ2n) is 5.02. The first kappa shape index (κ1) is 15.7. The number of rotatable bonds is 7. The van der Waals surface area contributed by atoms with Crippen LogP contribution in [-0.4, -0.2) is 23.8 Å². The van der Waals surface area contributed by atoms with E-state index in [9.17, 15) is 4.79 Å².